The van der Waals surface area contributed by atoms with Crippen molar-refractivity contribution in [1.82, 2.24) is 0 Å². The average molecular weight is 275 g/mol. The molecule has 0 aliphatic carbocycles. The van der Waals surface area contributed by atoms with Crippen molar-refractivity contribution in [1.29, 1.82) is 0 Å². The van der Waals surface area contributed by atoms with Crippen molar-refractivity contribution in [2.24, 2.45) is 0 Å². The van der Waals surface area contributed by atoms with Gasteiger partial charge >= 0.3 is 0 Å². The van der Waals surface area contributed by atoms with Gasteiger partial charge in [-0.1, -0.05) is 33.6 Å². The first kappa shape index (κ1) is 9.68. The van der Waals surface area contributed by atoms with Gasteiger partial charge in [-0.15, -0.1) is 0 Å². The summed E-state index contributed by atoms with van der Waals surface area (Å²) in [6, 6.07) is 4.94. The van der Waals surface area contributed by atoms with E-state index in [9.17, 15) is 9.59 Å². The Morgan fingerprint density at radius 1 is 1.36 bits per heavy atom. The van der Waals surface area contributed by atoms with Gasteiger partial charge in [0.2, 0.25) is 5.91 Å². The standard InChI is InChI=1S/C9H5BrClNO2/c10-6-8(13)4-2-1-3-5(11)7(4)12-9(6)14/h1-3,6H,(H,12,14). The average Bonchev–Trinajstić information content (AvgIpc) is 2.17. The van der Waals surface area contributed by atoms with Crippen LogP contribution in [-0.2, 0) is 4.79 Å². The van der Waals surface area contributed by atoms with E-state index in [-0.39, 0.29) is 11.7 Å². The highest BCUT2D eigenvalue weighted by molar-refractivity contribution is 9.10. The van der Waals surface area contributed by atoms with Crippen LogP contribution in [0, 0.1) is 0 Å². The topological polar surface area (TPSA) is 46.2 Å². The molecular weight excluding hydrogens is 269 g/mol. The van der Waals surface area contributed by atoms with Crippen LogP contribution < -0.4 is 5.32 Å². The SMILES string of the molecule is O=C1Nc2c(Cl)cccc2C(=O)C1Br. The van der Waals surface area contributed by atoms with Crippen LogP contribution in [0.15, 0.2) is 18.2 Å². The van der Waals surface area contributed by atoms with Gasteiger partial charge in [0, 0.05) is 5.56 Å². The fourth-order valence-electron chi connectivity index (χ4n) is 1.30. The molecule has 1 atom stereocenters. The summed E-state index contributed by atoms with van der Waals surface area (Å²) in [6.45, 7) is 0. The zero-order chi connectivity index (χ0) is 10.3. The molecule has 3 nitrogen and oxygen atoms in total. The first-order chi connectivity index (χ1) is 6.61. The maximum absolute atomic E-state index is 11.6. The number of anilines is 1. The number of benzene rings is 1. The van der Waals surface area contributed by atoms with Crippen molar-refractivity contribution in [3.63, 3.8) is 0 Å². The second-order valence-electron chi connectivity index (χ2n) is 2.88. The van der Waals surface area contributed by atoms with Gasteiger partial charge in [-0.2, -0.15) is 0 Å². The Bertz CT molecular complexity index is 433. The quantitative estimate of drug-likeness (QED) is 0.582. The molecule has 1 aromatic carbocycles. The van der Waals surface area contributed by atoms with E-state index < -0.39 is 4.83 Å². The number of halogens is 2. The molecule has 0 saturated heterocycles. The van der Waals surface area contributed by atoms with E-state index in [1.54, 1.807) is 18.2 Å². The van der Waals surface area contributed by atoms with Crippen molar-refractivity contribution >= 4 is 44.9 Å². The molecule has 1 unspecified atom stereocenters. The maximum atomic E-state index is 11.6. The second-order valence-corrected chi connectivity index (χ2v) is 4.20. The van der Waals surface area contributed by atoms with Gasteiger partial charge in [0.1, 0.15) is 0 Å². The first-order valence-electron chi connectivity index (χ1n) is 3.89. The van der Waals surface area contributed by atoms with Crippen LogP contribution in [0.4, 0.5) is 5.69 Å². The molecule has 0 spiro atoms. The molecule has 0 bridgehead atoms. The number of amides is 1. The molecule has 1 aromatic rings. The predicted molar refractivity (Wildman–Crippen MR) is 57.1 cm³/mol. The molecule has 2 rings (SSSR count). The number of rotatable bonds is 0. The Morgan fingerprint density at radius 2 is 2.07 bits per heavy atom. The Morgan fingerprint density at radius 3 is 2.79 bits per heavy atom. The van der Waals surface area contributed by atoms with Crippen LogP contribution in [-0.4, -0.2) is 16.5 Å². The minimum Gasteiger partial charge on any atom is -0.323 e. The summed E-state index contributed by atoms with van der Waals surface area (Å²) in [5, 5.41) is 2.95. The second kappa shape index (κ2) is 3.37. The number of alkyl halides is 1. The molecule has 5 heteroatoms. The number of para-hydroxylation sites is 1. The lowest BCUT2D eigenvalue weighted by molar-refractivity contribution is -0.115. The number of Topliss-reactive ketones (excluding diaryl/α,β-unsaturated/α-hetero) is 1. The van der Waals surface area contributed by atoms with Gasteiger partial charge in [0.15, 0.2) is 10.6 Å². The molecule has 1 aliphatic rings. The van der Waals surface area contributed by atoms with Crippen LogP contribution in [0.5, 0.6) is 0 Å². The van der Waals surface area contributed by atoms with E-state index in [4.69, 9.17) is 11.6 Å². The normalized spacial score (nSPS) is 20.3. The summed E-state index contributed by atoms with van der Waals surface area (Å²) in [6.07, 6.45) is 0. The van der Waals surface area contributed by atoms with E-state index in [1.165, 1.54) is 0 Å². The van der Waals surface area contributed by atoms with Crippen molar-refractivity contribution < 1.29 is 9.59 Å². The van der Waals surface area contributed by atoms with Crippen molar-refractivity contribution in [3.8, 4) is 0 Å². The molecule has 1 N–H and O–H groups in total. The van der Waals surface area contributed by atoms with E-state index in [1.807, 2.05) is 0 Å². The number of carbonyl (C=O) groups is 2. The van der Waals surface area contributed by atoms with Crippen LogP contribution >= 0.6 is 27.5 Å². The van der Waals surface area contributed by atoms with Crippen molar-refractivity contribution in [3.05, 3.63) is 28.8 Å². The van der Waals surface area contributed by atoms with E-state index >= 15 is 0 Å². The molecule has 1 aliphatic heterocycles. The number of hydrogen-bond acceptors (Lipinski definition) is 2. The predicted octanol–water partition coefficient (Wildman–Crippen LogP) is 2.24. The highest BCUT2D eigenvalue weighted by atomic mass is 79.9. The van der Waals surface area contributed by atoms with Gasteiger partial charge in [0.25, 0.3) is 0 Å². The van der Waals surface area contributed by atoms with Gasteiger partial charge in [-0.3, -0.25) is 9.59 Å². The van der Waals surface area contributed by atoms with Crippen LogP contribution in [0.3, 0.4) is 0 Å². The Hall–Kier alpha value is -0.870. The zero-order valence-electron chi connectivity index (χ0n) is 6.88. The minimum absolute atomic E-state index is 0.258. The molecule has 1 heterocycles. The third-order valence-electron chi connectivity index (χ3n) is 1.99. The fraction of sp³-hybridized carbons (Fsp3) is 0.111. The van der Waals surface area contributed by atoms with E-state index in [0.717, 1.165) is 0 Å². The van der Waals surface area contributed by atoms with Crippen LogP contribution in [0.2, 0.25) is 5.02 Å². The number of hydrogen-bond donors (Lipinski definition) is 1. The molecule has 0 saturated carbocycles. The number of fused-ring (bicyclic) bond motifs is 1. The van der Waals surface area contributed by atoms with Gasteiger partial charge in [-0.25, -0.2) is 0 Å². The Kier molecular flexibility index (Phi) is 2.33. The maximum Gasteiger partial charge on any atom is 0.246 e. The molecule has 72 valence electrons. The molecule has 0 aromatic heterocycles. The highest BCUT2D eigenvalue weighted by Crippen LogP contribution is 2.31. The first-order valence-corrected chi connectivity index (χ1v) is 5.18. The number of carbonyl (C=O) groups excluding carboxylic acids is 2. The summed E-state index contributed by atoms with van der Waals surface area (Å²) in [5.74, 6) is -0.637. The molecular formula is C9H5BrClNO2. The summed E-state index contributed by atoms with van der Waals surface area (Å²) < 4.78 is 0. The Balaban J connectivity index is 2.62. The third-order valence-corrected chi connectivity index (χ3v) is 3.13. The van der Waals surface area contributed by atoms with Gasteiger partial charge < -0.3 is 5.32 Å². The summed E-state index contributed by atoms with van der Waals surface area (Å²) in [7, 11) is 0. The number of nitrogens with one attached hydrogen (secondary N) is 1. The van der Waals surface area contributed by atoms with Crippen LogP contribution in [0.25, 0.3) is 0 Å². The molecule has 1 amide bonds. The summed E-state index contributed by atoms with van der Waals surface area (Å²) >= 11 is 8.85. The lowest BCUT2D eigenvalue weighted by atomic mass is 10.0. The van der Waals surface area contributed by atoms with Crippen LogP contribution in [0.1, 0.15) is 10.4 Å². The van der Waals surface area contributed by atoms with E-state index in [2.05, 4.69) is 21.2 Å². The number of ketones is 1. The Labute approximate surface area is 93.6 Å². The highest BCUT2D eigenvalue weighted by Gasteiger charge is 2.32. The zero-order valence-corrected chi connectivity index (χ0v) is 9.22. The largest absolute Gasteiger partial charge is 0.323 e. The minimum atomic E-state index is -0.812. The smallest absolute Gasteiger partial charge is 0.246 e. The lowest BCUT2D eigenvalue weighted by Gasteiger charge is -2.20. The summed E-state index contributed by atoms with van der Waals surface area (Å²) in [5.41, 5.74) is 0.846. The van der Waals surface area contributed by atoms with Crippen molar-refractivity contribution in [2.75, 3.05) is 5.32 Å². The summed E-state index contributed by atoms with van der Waals surface area (Å²) in [4.78, 5) is 22.1. The van der Waals surface area contributed by atoms with Gasteiger partial charge in [-0.05, 0) is 12.1 Å². The molecule has 14 heavy (non-hydrogen) atoms. The van der Waals surface area contributed by atoms with Crippen molar-refractivity contribution in [2.45, 2.75) is 4.83 Å². The molecule has 0 fully saturated rings. The monoisotopic (exact) mass is 273 g/mol. The fourth-order valence-corrected chi connectivity index (χ4v) is 1.88. The van der Waals surface area contributed by atoms with Gasteiger partial charge in [0.05, 0.1) is 10.7 Å². The molecule has 0 radical (unpaired) electrons. The van der Waals surface area contributed by atoms with E-state index in [0.29, 0.717) is 16.3 Å². The lowest BCUT2D eigenvalue weighted by Crippen LogP contribution is -2.35. The third kappa shape index (κ3) is 1.35.